The number of amides is 1. The van der Waals surface area contributed by atoms with Crippen molar-refractivity contribution in [2.75, 3.05) is 13.7 Å². The minimum atomic E-state index is -0.603. The van der Waals surface area contributed by atoms with Crippen LogP contribution in [0.2, 0.25) is 0 Å². The molecule has 0 atom stereocenters. The third-order valence-electron chi connectivity index (χ3n) is 3.82. The molecule has 1 aromatic heterocycles. The van der Waals surface area contributed by atoms with E-state index in [0.29, 0.717) is 12.8 Å². The summed E-state index contributed by atoms with van der Waals surface area (Å²) >= 11 is 1.51. The number of ether oxygens (including phenoxy) is 1. The number of aldehydes is 1. The minimum Gasteiger partial charge on any atom is -0.483 e. The van der Waals surface area contributed by atoms with Crippen LogP contribution in [0.1, 0.15) is 15.4 Å². The molecule has 0 spiro atoms. The van der Waals surface area contributed by atoms with Crippen LogP contribution in [0.5, 0.6) is 5.75 Å². The van der Waals surface area contributed by atoms with Gasteiger partial charge in [-0.15, -0.1) is 11.3 Å². The molecule has 1 heterocycles. The lowest BCUT2D eigenvalue weighted by Gasteiger charge is -2.16. The van der Waals surface area contributed by atoms with Gasteiger partial charge in [0.25, 0.3) is 11.6 Å². The Morgan fingerprint density at radius 1 is 1.33 bits per heavy atom. The van der Waals surface area contributed by atoms with Gasteiger partial charge in [-0.3, -0.25) is 19.7 Å². The highest BCUT2D eigenvalue weighted by atomic mass is 32.1. The highest BCUT2D eigenvalue weighted by molar-refractivity contribution is 7.18. The van der Waals surface area contributed by atoms with Crippen LogP contribution in [0.4, 0.5) is 5.69 Å². The van der Waals surface area contributed by atoms with Crippen LogP contribution in [-0.4, -0.2) is 40.7 Å². The van der Waals surface area contributed by atoms with Gasteiger partial charge in [-0.2, -0.15) is 0 Å². The largest absolute Gasteiger partial charge is 0.483 e. The Bertz CT molecular complexity index is 984. The number of aromatic nitrogens is 1. The first-order valence-electron chi connectivity index (χ1n) is 7.93. The van der Waals surface area contributed by atoms with Crippen LogP contribution in [-0.2, 0) is 11.3 Å². The van der Waals surface area contributed by atoms with Gasteiger partial charge in [0.1, 0.15) is 10.8 Å². The second-order valence-corrected chi connectivity index (χ2v) is 6.83. The van der Waals surface area contributed by atoms with Crippen molar-refractivity contribution >= 4 is 39.4 Å². The lowest BCUT2D eigenvalue weighted by molar-refractivity contribution is -0.384. The molecule has 0 N–H and O–H groups in total. The van der Waals surface area contributed by atoms with Crippen molar-refractivity contribution < 1.29 is 19.2 Å². The Morgan fingerprint density at radius 2 is 2.11 bits per heavy atom. The van der Waals surface area contributed by atoms with E-state index in [9.17, 15) is 19.7 Å². The molecule has 3 aromatic rings. The first-order valence-corrected chi connectivity index (χ1v) is 8.74. The molecule has 3 rings (SSSR count). The summed E-state index contributed by atoms with van der Waals surface area (Å²) in [5.41, 5.74) is 0.686. The predicted molar refractivity (Wildman–Crippen MR) is 100 cm³/mol. The van der Waals surface area contributed by atoms with E-state index in [1.807, 2.05) is 24.3 Å². The van der Waals surface area contributed by atoms with E-state index >= 15 is 0 Å². The van der Waals surface area contributed by atoms with Crippen molar-refractivity contribution in [3.63, 3.8) is 0 Å². The zero-order valence-electron chi connectivity index (χ0n) is 14.3. The van der Waals surface area contributed by atoms with E-state index < -0.39 is 4.92 Å². The smallest absolute Gasteiger partial charge is 0.270 e. The zero-order valence-corrected chi connectivity index (χ0v) is 15.1. The molecule has 0 aliphatic heterocycles. The molecule has 2 aromatic carbocycles. The average molecular weight is 385 g/mol. The summed E-state index contributed by atoms with van der Waals surface area (Å²) in [4.78, 5) is 39.5. The SMILES string of the molecule is CN(Cc1nc2ccccc2s1)C(=O)COc1ccc([N+](=O)[O-])cc1C=O. The quantitative estimate of drug-likeness (QED) is 0.352. The van der Waals surface area contributed by atoms with Gasteiger partial charge >= 0.3 is 0 Å². The molecule has 0 saturated carbocycles. The Hall–Kier alpha value is -3.33. The van der Waals surface area contributed by atoms with Crippen LogP contribution in [0.3, 0.4) is 0 Å². The number of hydrogen-bond acceptors (Lipinski definition) is 7. The summed E-state index contributed by atoms with van der Waals surface area (Å²) < 4.78 is 6.43. The van der Waals surface area contributed by atoms with Gasteiger partial charge < -0.3 is 9.64 Å². The van der Waals surface area contributed by atoms with Crippen LogP contribution in [0.25, 0.3) is 10.2 Å². The molecule has 138 valence electrons. The van der Waals surface area contributed by atoms with Crippen molar-refractivity contribution in [2.45, 2.75) is 6.54 Å². The molecular formula is C18H15N3O5S. The molecule has 0 aliphatic rings. The molecule has 0 aliphatic carbocycles. The molecule has 8 nitrogen and oxygen atoms in total. The summed E-state index contributed by atoms with van der Waals surface area (Å²) in [6.45, 7) is 0.0440. The molecule has 0 radical (unpaired) electrons. The fraction of sp³-hybridized carbons (Fsp3) is 0.167. The van der Waals surface area contributed by atoms with Gasteiger partial charge in [0.05, 0.1) is 27.2 Å². The van der Waals surface area contributed by atoms with Crippen molar-refractivity contribution in [2.24, 2.45) is 0 Å². The number of nitro benzene ring substituents is 1. The Morgan fingerprint density at radius 3 is 2.81 bits per heavy atom. The summed E-state index contributed by atoms with van der Waals surface area (Å²) in [5, 5.41) is 11.6. The maximum absolute atomic E-state index is 12.3. The number of carbonyl (C=O) groups excluding carboxylic acids is 2. The second kappa shape index (κ2) is 7.92. The number of nitro groups is 1. The number of fused-ring (bicyclic) bond motifs is 1. The number of rotatable bonds is 7. The van der Waals surface area contributed by atoms with Gasteiger partial charge in [0.2, 0.25) is 0 Å². The number of benzene rings is 2. The summed E-state index contributed by atoms with van der Waals surface area (Å²) in [5.74, 6) is -0.179. The molecule has 0 bridgehead atoms. The Balaban J connectivity index is 1.63. The van der Waals surface area contributed by atoms with E-state index in [1.54, 1.807) is 7.05 Å². The maximum atomic E-state index is 12.3. The highest BCUT2D eigenvalue weighted by Gasteiger charge is 2.16. The van der Waals surface area contributed by atoms with E-state index in [0.717, 1.165) is 21.3 Å². The molecule has 9 heteroatoms. The van der Waals surface area contributed by atoms with Crippen molar-refractivity contribution in [3.8, 4) is 5.75 Å². The fourth-order valence-corrected chi connectivity index (χ4v) is 3.42. The van der Waals surface area contributed by atoms with Crippen LogP contribution < -0.4 is 4.74 Å². The monoisotopic (exact) mass is 385 g/mol. The standard InChI is InChI=1S/C18H15N3O5S/c1-20(9-17-19-14-4-2-3-5-16(14)27-17)18(23)11-26-15-7-6-13(21(24)25)8-12(15)10-22/h2-8,10H,9,11H2,1H3. The molecule has 1 amide bonds. The van der Waals surface area contributed by atoms with Gasteiger partial charge in [-0.1, -0.05) is 12.1 Å². The zero-order chi connectivity index (χ0) is 19.4. The number of non-ortho nitro benzene ring substituents is 1. The van der Waals surface area contributed by atoms with Gasteiger partial charge in [-0.05, 0) is 18.2 Å². The second-order valence-electron chi connectivity index (χ2n) is 5.71. The lowest BCUT2D eigenvalue weighted by Crippen LogP contribution is -2.31. The van der Waals surface area contributed by atoms with Crippen LogP contribution in [0.15, 0.2) is 42.5 Å². The minimum absolute atomic E-state index is 0.0193. The fourth-order valence-electron chi connectivity index (χ4n) is 2.40. The van der Waals surface area contributed by atoms with Crippen molar-refractivity contribution in [3.05, 3.63) is 63.1 Å². The van der Waals surface area contributed by atoms with Gasteiger partial charge in [-0.25, -0.2) is 4.98 Å². The first kappa shape index (κ1) is 18.5. The number of carbonyl (C=O) groups is 2. The summed E-state index contributed by atoms with van der Waals surface area (Å²) in [6, 6.07) is 11.4. The maximum Gasteiger partial charge on any atom is 0.270 e. The molecular weight excluding hydrogens is 370 g/mol. The molecule has 0 fully saturated rings. The van der Waals surface area contributed by atoms with E-state index in [4.69, 9.17) is 4.74 Å². The summed E-state index contributed by atoms with van der Waals surface area (Å²) in [7, 11) is 1.63. The van der Waals surface area contributed by atoms with E-state index in [-0.39, 0.29) is 29.5 Å². The topological polar surface area (TPSA) is 103 Å². The number of thiazole rings is 1. The van der Waals surface area contributed by atoms with Crippen molar-refractivity contribution in [1.82, 2.24) is 9.88 Å². The van der Waals surface area contributed by atoms with E-state index in [1.165, 1.54) is 28.4 Å². The van der Waals surface area contributed by atoms with Crippen LogP contribution >= 0.6 is 11.3 Å². The van der Waals surface area contributed by atoms with Gasteiger partial charge in [0.15, 0.2) is 12.9 Å². The highest BCUT2D eigenvalue weighted by Crippen LogP contribution is 2.24. The Labute approximate surface area is 158 Å². The van der Waals surface area contributed by atoms with Crippen molar-refractivity contribution in [1.29, 1.82) is 0 Å². The first-order chi connectivity index (χ1) is 13.0. The lowest BCUT2D eigenvalue weighted by atomic mass is 10.2. The normalized spacial score (nSPS) is 10.6. The summed E-state index contributed by atoms with van der Waals surface area (Å²) in [6.07, 6.45) is 0.456. The molecule has 27 heavy (non-hydrogen) atoms. The number of para-hydroxylation sites is 1. The number of nitrogens with zero attached hydrogens (tertiary/aromatic N) is 3. The average Bonchev–Trinajstić information content (AvgIpc) is 3.07. The predicted octanol–water partition coefficient (Wildman–Crippen LogP) is 3.05. The molecule has 0 saturated heterocycles. The Kier molecular flexibility index (Phi) is 5.41. The third kappa shape index (κ3) is 4.26. The number of likely N-dealkylation sites (N-methyl/N-ethyl adjacent to an activating group) is 1. The number of hydrogen-bond donors (Lipinski definition) is 0. The third-order valence-corrected chi connectivity index (χ3v) is 4.84. The van der Waals surface area contributed by atoms with Gasteiger partial charge in [0, 0.05) is 19.2 Å². The van der Waals surface area contributed by atoms with Crippen LogP contribution in [0, 0.1) is 10.1 Å². The van der Waals surface area contributed by atoms with E-state index in [2.05, 4.69) is 4.98 Å². The molecule has 0 unspecified atom stereocenters.